The van der Waals surface area contributed by atoms with Gasteiger partial charge >= 0.3 is 0 Å². The Kier molecular flexibility index (Phi) is 5.35. The number of nitrogens with one attached hydrogen (secondary N) is 2. The zero-order valence-electron chi connectivity index (χ0n) is 11.9. The number of anilines is 1. The van der Waals surface area contributed by atoms with E-state index in [1.165, 1.54) is 24.3 Å². The van der Waals surface area contributed by atoms with Crippen molar-refractivity contribution in [2.45, 2.75) is 13.0 Å². The van der Waals surface area contributed by atoms with E-state index < -0.39 is 41.4 Å². The Labute approximate surface area is 130 Å². The van der Waals surface area contributed by atoms with Crippen LogP contribution in [0, 0.1) is 17.5 Å². The summed E-state index contributed by atoms with van der Waals surface area (Å²) in [5, 5.41) is 4.47. The van der Waals surface area contributed by atoms with Gasteiger partial charge in [0.2, 0.25) is 11.8 Å². The number of hydrogen-bond donors (Lipinski definition) is 2. The van der Waals surface area contributed by atoms with E-state index in [0.717, 1.165) is 18.2 Å². The zero-order chi connectivity index (χ0) is 16.8. The van der Waals surface area contributed by atoms with Gasteiger partial charge in [-0.05, 0) is 29.8 Å². The topological polar surface area (TPSA) is 58.2 Å². The maximum Gasteiger partial charge on any atom is 0.233 e. The molecule has 0 atom stereocenters. The second-order valence-electron chi connectivity index (χ2n) is 4.72. The minimum Gasteiger partial charge on any atom is -0.352 e. The number of halogens is 3. The molecule has 0 aliphatic carbocycles. The summed E-state index contributed by atoms with van der Waals surface area (Å²) in [4.78, 5) is 23.2. The predicted octanol–water partition coefficient (Wildman–Crippen LogP) is 2.75. The number of carbonyl (C=O) groups excluding carboxylic acids is 2. The van der Waals surface area contributed by atoms with E-state index in [1.807, 2.05) is 5.32 Å². The second-order valence-corrected chi connectivity index (χ2v) is 4.72. The average molecular weight is 322 g/mol. The SMILES string of the molecule is O=C(CC(=O)Nc1c(F)cccc1F)NCc1ccc(F)cc1. The van der Waals surface area contributed by atoms with E-state index in [1.54, 1.807) is 0 Å². The smallest absolute Gasteiger partial charge is 0.233 e. The quantitative estimate of drug-likeness (QED) is 0.832. The van der Waals surface area contributed by atoms with Crippen LogP contribution in [0.25, 0.3) is 0 Å². The van der Waals surface area contributed by atoms with Crippen LogP contribution in [0.1, 0.15) is 12.0 Å². The summed E-state index contributed by atoms with van der Waals surface area (Å²) in [5.41, 5.74) is 0.0594. The van der Waals surface area contributed by atoms with Gasteiger partial charge in [0, 0.05) is 6.54 Å². The Morgan fingerprint density at radius 1 is 0.870 bits per heavy atom. The van der Waals surface area contributed by atoms with Crippen LogP contribution in [-0.4, -0.2) is 11.8 Å². The van der Waals surface area contributed by atoms with Crippen LogP contribution >= 0.6 is 0 Å². The number of carbonyl (C=O) groups is 2. The molecular weight excluding hydrogens is 309 g/mol. The Bertz CT molecular complexity index is 698. The van der Waals surface area contributed by atoms with Gasteiger partial charge in [0.1, 0.15) is 29.6 Å². The van der Waals surface area contributed by atoms with Gasteiger partial charge in [0.25, 0.3) is 0 Å². The van der Waals surface area contributed by atoms with E-state index in [9.17, 15) is 22.8 Å². The molecule has 0 aromatic heterocycles. The molecule has 0 aliphatic rings. The highest BCUT2D eigenvalue weighted by Crippen LogP contribution is 2.18. The molecule has 0 bridgehead atoms. The molecule has 2 N–H and O–H groups in total. The van der Waals surface area contributed by atoms with E-state index in [4.69, 9.17) is 0 Å². The molecule has 23 heavy (non-hydrogen) atoms. The summed E-state index contributed by atoms with van der Waals surface area (Å²) in [6.45, 7) is 0.112. The first-order valence-electron chi connectivity index (χ1n) is 6.70. The molecule has 4 nitrogen and oxygen atoms in total. The van der Waals surface area contributed by atoms with Gasteiger partial charge < -0.3 is 10.6 Å². The van der Waals surface area contributed by atoms with Gasteiger partial charge in [0.05, 0.1) is 0 Å². The zero-order valence-corrected chi connectivity index (χ0v) is 11.9. The van der Waals surface area contributed by atoms with E-state index in [-0.39, 0.29) is 6.54 Å². The fraction of sp³-hybridized carbons (Fsp3) is 0.125. The monoisotopic (exact) mass is 322 g/mol. The maximum atomic E-state index is 13.4. The Balaban J connectivity index is 1.85. The summed E-state index contributed by atoms with van der Waals surface area (Å²) in [7, 11) is 0. The van der Waals surface area contributed by atoms with E-state index in [0.29, 0.717) is 5.56 Å². The van der Waals surface area contributed by atoms with Gasteiger partial charge in [-0.2, -0.15) is 0 Å². The van der Waals surface area contributed by atoms with Crippen LogP contribution in [-0.2, 0) is 16.1 Å². The third kappa shape index (κ3) is 4.84. The molecule has 2 aromatic carbocycles. The minimum absolute atomic E-state index is 0.112. The summed E-state index contributed by atoms with van der Waals surface area (Å²) in [5.74, 6) is -3.71. The first-order valence-corrected chi connectivity index (χ1v) is 6.70. The molecule has 2 amide bonds. The molecule has 7 heteroatoms. The number of para-hydroxylation sites is 1. The molecule has 0 spiro atoms. The summed E-state index contributed by atoms with van der Waals surface area (Å²) >= 11 is 0. The van der Waals surface area contributed by atoms with Gasteiger partial charge in [-0.3, -0.25) is 9.59 Å². The van der Waals surface area contributed by atoms with Crippen LogP contribution in [0.15, 0.2) is 42.5 Å². The second kappa shape index (κ2) is 7.44. The standard InChI is InChI=1S/C16H13F3N2O2/c17-11-6-4-10(5-7-11)9-20-14(22)8-15(23)21-16-12(18)2-1-3-13(16)19/h1-7H,8-9H2,(H,20,22)(H,21,23). The van der Waals surface area contributed by atoms with Gasteiger partial charge in [-0.15, -0.1) is 0 Å². The lowest BCUT2D eigenvalue weighted by Gasteiger charge is -2.08. The largest absolute Gasteiger partial charge is 0.352 e. The van der Waals surface area contributed by atoms with Crippen LogP contribution in [0.3, 0.4) is 0 Å². The molecule has 2 aromatic rings. The minimum atomic E-state index is -0.926. The molecule has 0 saturated heterocycles. The number of amides is 2. The van der Waals surface area contributed by atoms with Gasteiger partial charge in [-0.1, -0.05) is 18.2 Å². The molecule has 0 unspecified atom stereocenters. The molecule has 0 fully saturated rings. The van der Waals surface area contributed by atoms with Crippen molar-refractivity contribution in [2.75, 3.05) is 5.32 Å². The van der Waals surface area contributed by atoms with Crippen molar-refractivity contribution < 1.29 is 22.8 Å². The molecule has 0 heterocycles. The maximum absolute atomic E-state index is 13.4. The molecule has 120 valence electrons. The van der Waals surface area contributed by atoms with Crippen molar-refractivity contribution in [1.29, 1.82) is 0 Å². The van der Waals surface area contributed by atoms with Gasteiger partial charge in [-0.25, -0.2) is 13.2 Å². The number of rotatable bonds is 5. The van der Waals surface area contributed by atoms with Crippen molar-refractivity contribution in [2.24, 2.45) is 0 Å². The summed E-state index contributed by atoms with van der Waals surface area (Å²) in [6.07, 6.45) is -0.588. The fourth-order valence-corrected chi connectivity index (χ4v) is 1.81. The Morgan fingerprint density at radius 2 is 1.48 bits per heavy atom. The molecular formula is C16H13F3N2O2. The highest BCUT2D eigenvalue weighted by atomic mass is 19.1. The van der Waals surface area contributed by atoms with Crippen molar-refractivity contribution in [3.63, 3.8) is 0 Å². The van der Waals surface area contributed by atoms with Crippen LogP contribution in [0.4, 0.5) is 18.9 Å². The number of benzene rings is 2. The molecule has 0 aliphatic heterocycles. The average Bonchev–Trinajstić information content (AvgIpc) is 2.50. The third-order valence-corrected chi connectivity index (χ3v) is 2.95. The first-order chi connectivity index (χ1) is 11.0. The van der Waals surface area contributed by atoms with E-state index in [2.05, 4.69) is 5.32 Å². The lowest BCUT2D eigenvalue weighted by atomic mass is 10.2. The van der Waals surface area contributed by atoms with E-state index >= 15 is 0 Å². The highest BCUT2D eigenvalue weighted by Gasteiger charge is 2.14. The Morgan fingerprint density at radius 3 is 2.09 bits per heavy atom. The van der Waals surface area contributed by atoms with Crippen molar-refractivity contribution in [3.05, 3.63) is 65.5 Å². The van der Waals surface area contributed by atoms with Gasteiger partial charge in [0.15, 0.2) is 0 Å². The lowest BCUT2D eigenvalue weighted by Crippen LogP contribution is -2.28. The van der Waals surface area contributed by atoms with Crippen LogP contribution in [0.2, 0.25) is 0 Å². The van der Waals surface area contributed by atoms with Crippen molar-refractivity contribution in [3.8, 4) is 0 Å². The predicted molar refractivity (Wildman–Crippen MR) is 77.9 cm³/mol. The Hall–Kier alpha value is -2.83. The van der Waals surface area contributed by atoms with Crippen LogP contribution < -0.4 is 10.6 Å². The van der Waals surface area contributed by atoms with Crippen molar-refractivity contribution in [1.82, 2.24) is 5.32 Å². The first kappa shape index (κ1) is 16.5. The fourth-order valence-electron chi connectivity index (χ4n) is 1.81. The molecule has 2 rings (SSSR count). The lowest BCUT2D eigenvalue weighted by molar-refractivity contribution is -0.126. The third-order valence-electron chi connectivity index (χ3n) is 2.95. The highest BCUT2D eigenvalue weighted by molar-refractivity contribution is 6.03. The van der Waals surface area contributed by atoms with Crippen molar-refractivity contribution >= 4 is 17.5 Å². The summed E-state index contributed by atoms with van der Waals surface area (Å²) in [6, 6.07) is 8.62. The van der Waals surface area contributed by atoms with Crippen LogP contribution in [0.5, 0.6) is 0 Å². The molecule has 0 radical (unpaired) electrons. The number of hydrogen-bond acceptors (Lipinski definition) is 2. The molecule has 0 saturated carbocycles. The normalized spacial score (nSPS) is 10.2. The summed E-state index contributed by atoms with van der Waals surface area (Å²) < 4.78 is 39.5.